The number of hydrogen-bond acceptors (Lipinski definition) is 2. The van der Waals surface area contributed by atoms with Crippen molar-refractivity contribution in [2.45, 2.75) is 33.0 Å². The molecule has 1 atom stereocenters. The van der Waals surface area contributed by atoms with Gasteiger partial charge in [0, 0.05) is 26.2 Å². The van der Waals surface area contributed by atoms with E-state index in [4.69, 9.17) is 0 Å². The van der Waals surface area contributed by atoms with Crippen molar-refractivity contribution in [2.24, 2.45) is 10.9 Å². The molecule has 0 aromatic carbocycles. The number of alkyl halides is 3. The Morgan fingerprint density at radius 1 is 1.26 bits per heavy atom. The summed E-state index contributed by atoms with van der Waals surface area (Å²) in [6, 6.07) is 0.249. The number of hydrogen-bond donors (Lipinski definition) is 2. The fraction of sp³-hybridized carbons (Fsp3) is 0.917. The molecule has 0 fully saturated rings. The summed E-state index contributed by atoms with van der Waals surface area (Å²) < 4.78 is 36.4. The van der Waals surface area contributed by atoms with E-state index in [1.807, 2.05) is 6.92 Å². The van der Waals surface area contributed by atoms with Crippen LogP contribution in [0, 0.1) is 5.92 Å². The van der Waals surface area contributed by atoms with E-state index < -0.39 is 12.7 Å². The van der Waals surface area contributed by atoms with Gasteiger partial charge in [0.15, 0.2) is 5.96 Å². The zero-order valence-corrected chi connectivity index (χ0v) is 12.3. The van der Waals surface area contributed by atoms with Gasteiger partial charge in [0.05, 0.1) is 6.54 Å². The van der Waals surface area contributed by atoms with Gasteiger partial charge in [-0.2, -0.15) is 13.2 Å². The Hall–Kier alpha value is -0.980. The van der Waals surface area contributed by atoms with Crippen LogP contribution < -0.4 is 10.6 Å². The molecule has 114 valence electrons. The van der Waals surface area contributed by atoms with E-state index in [1.54, 1.807) is 7.05 Å². The molecule has 0 saturated heterocycles. The Labute approximate surface area is 113 Å². The first-order valence-electron chi connectivity index (χ1n) is 6.38. The summed E-state index contributed by atoms with van der Waals surface area (Å²) in [5.41, 5.74) is 0. The number of rotatable bonds is 6. The summed E-state index contributed by atoms with van der Waals surface area (Å²) in [6.45, 7) is 6.02. The van der Waals surface area contributed by atoms with Gasteiger partial charge in [-0.1, -0.05) is 13.8 Å². The third-order valence-electron chi connectivity index (χ3n) is 2.82. The van der Waals surface area contributed by atoms with Crippen molar-refractivity contribution in [1.82, 2.24) is 15.5 Å². The second-order valence-corrected chi connectivity index (χ2v) is 5.03. The van der Waals surface area contributed by atoms with Crippen molar-refractivity contribution >= 4 is 5.96 Å². The van der Waals surface area contributed by atoms with Gasteiger partial charge >= 0.3 is 6.18 Å². The topological polar surface area (TPSA) is 39.7 Å². The lowest BCUT2D eigenvalue weighted by Crippen LogP contribution is -2.46. The van der Waals surface area contributed by atoms with E-state index in [1.165, 1.54) is 11.9 Å². The molecule has 0 aliphatic rings. The molecule has 0 aromatic heterocycles. The van der Waals surface area contributed by atoms with Crippen LogP contribution in [-0.2, 0) is 0 Å². The molecule has 2 N–H and O–H groups in total. The van der Waals surface area contributed by atoms with E-state index >= 15 is 0 Å². The monoisotopic (exact) mass is 282 g/mol. The van der Waals surface area contributed by atoms with Crippen LogP contribution in [-0.4, -0.2) is 56.8 Å². The number of likely N-dealkylation sites (N-methyl/N-ethyl adjacent to an activating group) is 1. The molecule has 4 nitrogen and oxygen atoms in total. The van der Waals surface area contributed by atoms with Gasteiger partial charge in [-0.15, -0.1) is 0 Å². The maximum Gasteiger partial charge on any atom is 0.401 e. The Morgan fingerprint density at radius 3 is 2.26 bits per heavy atom. The lowest BCUT2D eigenvalue weighted by atomic mass is 10.1. The third kappa shape index (κ3) is 9.58. The summed E-state index contributed by atoms with van der Waals surface area (Å²) in [5, 5.41) is 6.19. The first-order valence-corrected chi connectivity index (χ1v) is 6.38. The number of guanidine groups is 1. The minimum absolute atomic E-state index is 0.249. The van der Waals surface area contributed by atoms with Crippen LogP contribution in [0.15, 0.2) is 4.99 Å². The fourth-order valence-corrected chi connectivity index (χ4v) is 1.33. The summed E-state index contributed by atoms with van der Waals surface area (Å²) in [5.74, 6) is 1.06. The molecule has 1 unspecified atom stereocenters. The molecule has 0 spiro atoms. The molecule has 0 aliphatic carbocycles. The SMILES string of the molecule is CN=C(NCCN(C)CC(F)(F)F)NC(C)C(C)C. The molecule has 0 bridgehead atoms. The van der Waals surface area contributed by atoms with Crippen molar-refractivity contribution < 1.29 is 13.2 Å². The molecule has 0 rings (SSSR count). The van der Waals surface area contributed by atoms with E-state index in [2.05, 4.69) is 29.5 Å². The van der Waals surface area contributed by atoms with Crippen molar-refractivity contribution in [2.75, 3.05) is 33.7 Å². The molecule has 0 amide bonds. The summed E-state index contributed by atoms with van der Waals surface area (Å²) in [6.07, 6.45) is -4.15. The average molecular weight is 282 g/mol. The van der Waals surface area contributed by atoms with Gasteiger partial charge in [-0.25, -0.2) is 0 Å². The van der Waals surface area contributed by atoms with Crippen molar-refractivity contribution in [1.29, 1.82) is 0 Å². The smallest absolute Gasteiger partial charge is 0.355 e. The highest BCUT2D eigenvalue weighted by atomic mass is 19.4. The Bertz CT molecular complexity index is 277. The second-order valence-electron chi connectivity index (χ2n) is 5.03. The van der Waals surface area contributed by atoms with Crippen LogP contribution in [0.2, 0.25) is 0 Å². The first-order chi connectivity index (χ1) is 8.65. The quantitative estimate of drug-likeness (QED) is 0.575. The summed E-state index contributed by atoms with van der Waals surface area (Å²) in [7, 11) is 3.09. The highest BCUT2D eigenvalue weighted by Gasteiger charge is 2.28. The second kappa shape index (κ2) is 8.24. The van der Waals surface area contributed by atoms with E-state index in [9.17, 15) is 13.2 Å². The van der Waals surface area contributed by atoms with Gasteiger partial charge < -0.3 is 10.6 Å². The van der Waals surface area contributed by atoms with E-state index in [-0.39, 0.29) is 6.04 Å². The zero-order valence-electron chi connectivity index (χ0n) is 12.3. The molecule has 0 heterocycles. The van der Waals surface area contributed by atoms with Crippen molar-refractivity contribution in [3.8, 4) is 0 Å². The number of halogens is 3. The molecule has 0 aliphatic heterocycles. The van der Waals surface area contributed by atoms with Crippen LogP contribution in [0.5, 0.6) is 0 Å². The zero-order chi connectivity index (χ0) is 15.1. The predicted molar refractivity (Wildman–Crippen MR) is 72.3 cm³/mol. The first kappa shape index (κ1) is 18.0. The van der Waals surface area contributed by atoms with Crippen LogP contribution in [0.3, 0.4) is 0 Å². The minimum atomic E-state index is -4.15. The Kier molecular flexibility index (Phi) is 7.82. The molecule has 19 heavy (non-hydrogen) atoms. The third-order valence-corrected chi connectivity index (χ3v) is 2.82. The number of nitrogens with one attached hydrogen (secondary N) is 2. The number of nitrogens with zero attached hydrogens (tertiary/aromatic N) is 2. The van der Waals surface area contributed by atoms with Gasteiger partial charge in [-0.3, -0.25) is 9.89 Å². The highest BCUT2D eigenvalue weighted by molar-refractivity contribution is 5.79. The summed E-state index contributed by atoms with van der Waals surface area (Å²) in [4.78, 5) is 5.26. The molecular formula is C12H25F3N4. The lowest BCUT2D eigenvalue weighted by molar-refractivity contribution is -0.142. The van der Waals surface area contributed by atoms with Crippen LogP contribution in [0.1, 0.15) is 20.8 Å². The predicted octanol–water partition coefficient (Wildman–Crippen LogP) is 1.69. The average Bonchev–Trinajstić information content (AvgIpc) is 2.24. The largest absolute Gasteiger partial charge is 0.401 e. The van der Waals surface area contributed by atoms with Gasteiger partial charge in [0.25, 0.3) is 0 Å². The van der Waals surface area contributed by atoms with E-state index in [0.717, 1.165) is 0 Å². The van der Waals surface area contributed by atoms with Crippen LogP contribution >= 0.6 is 0 Å². The standard InChI is InChI=1S/C12H25F3N4/c1-9(2)10(3)18-11(16-4)17-6-7-19(5)8-12(13,14)15/h9-10H,6-8H2,1-5H3,(H2,16,17,18). The normalized spacial score (nSPS) is 14.9. The molecule has 0 aromatic rings. The Balaban J connectivity index is 3.97. The van der Waals surface area contributed by atoms with E-state index in [0.29, 0.717) is 25.0 Å². The summed E-state index contributed by atoms with van der Waals surface area (Å²) >= 11 is 0. The minimum Gasteiger partial charge on any atom is -0.355 e. The maximum absolute atomic E-state index is 12.1. The lowest BCUT2D eigenvalue weighted by Gasteiger charge is -2.22. The Morgan fingerprint density at radius 2 is 1.84 bits per heavy atom. The molecule has 0 saturated carbocycles. The van der Waals surface area contributed by atoms with Crippen molar-refractivity contribution in [3.63, 3.8) is 0 Å². The van der Waals surface area contributed by atoms with Crippen molar-refractivity contribution in [3.05, 3.63) is 0 Å². The highest BCUT2D eigenvalue weighted by Crippen LogP contribution is 2.14. The molecular weight excluding hydrogens is 257 g/mol. The molecule has 0 radical (unpaired) electrons. The van der Waals surface area contributed by atoms with Gasteiger partial charge in [-0.05, 0) is 19.9 Å². The maximum atomic E-state index is 12.1. The molecule has 7 heteroatoms. The van der Waals surface area contributed by atoms with Crippen LogP contribution in [0.25, 0.3) is 0 Å². The number of aliphatic imine (C=N–C) groups is 1. The van der Waals surface area contributed by atoms with Gasteiger partial charge in [0.1, 0.15) is 0 Å². The fourth-order valence-electron chi connectivity index (χ4n) is 1.33. The van der Waals surface area contributed by atoms with Gasteiger partial charge in [0.2, 0.25) is 0 Å². The van der Waals surface area contributed by atoms with Crippen LogP contribution in [0.4, 0.5) is 13.2 Å².